The summed E-state index contributed by atoms with van der Waals surface area (Å²) in [4.78, 5) is 50.4. The molecule has 0 radical (unpaired) electrons. The average molecular weight is 857 g/mol. The van der Waals surface area contributed by atoms with Crippen LogP contribution in [0.4, 0.5) is 0 Å². The largest absolute Gasteiger partial charge is 0.462 e. The highest BCUT2D eigenvalue weighted by atomic mass is 16.5. The van der Waals surface area contributed by atoms with Crippen LogP contribution in [0.5, 0.6) is 11.5 Å². The van der Waals surface area contributed by atoms with E-state index in [1.165, 1.54) is 0 Å². The van der Waals surface area contributed by atoms with Gasteiger partial charge in [-0.1, -0.05) is 63.1 Å². The monoisotopic (exact) mass is 857 g/mol. The zero-order valence-electron chi connectivity index (χ0n) is 39.6. The number of ether oxygens (including phenoxy) is 4. The van der Waals surface area contributed by atoms with E-state index in [1.807, 2.05) is 24.3 Å². The minimum atomic E-state index is -0.416. The second kappa shape index (κ2) is 21.9. The second-order valence-electron chi connectivity index (χ2n) is 20.6. The lowest BCUT2D eigenvalue weighted by Crippen LogP contribution is -2.57. The average Bonchev–Trinajstić information content (AvgIpc) is 3.13. The third-order valence-electron chi connectivity index (χ3n) is 11.8. The zero-order valence-corrected chi connectivity index (χ0v) is 39.6. The molecule has 2 aromatic rings. The highest BCUT2D eigenvalue weighted by Crippen LogP contribution is 2.44. The molecule has 0 aromatic heterocycles. The summed E-state index contributed by atoms with van der Waals surface area (Å²) in [6, 6.07) is 12.1. The summed E-state index contributed by atoms with van der Waals surface area (Å²) in [7, 11) is 0. The van der Waals surface area contributed by atoms with Gasteiger partial charge in [0.05, 0.1) is 13.2 Å². The number of unbranched alkanes of at least 4 members (excludes halogenated alkanes) is 5. The molecule has 2 heterocycles. The van der Waals surface area contributed by atoms with Gasteiger partial charge in [0.1, 0.15) is 11.5 Å². The molecular formula is C52H76N2O8. The van der Waals surface area contributed by atoms with Gasteiger partial charge in [-0.05, 0) is 154 Å². The molecular weight excluding hydrogens is 781 g/mol. The van der Waals surface area contributed by atoms with Crippen LogP contribution in [0.3, 0.4) is 0 Å². The van der Waals surface area contributed by atoms with Gasteiger partial charge in [0, 0.05) is 59.0 Å². The number of hydrogen-bond donors (Lipinski definition) is 2. The Morgan fingerprint density at radius 3 is 1.19 bits per heavy atom. The van der Waals surface area contributed by atoms with Crippen LogP contribution in [-0.4, -0.2) is 59.2 Å². The minimum absolute atomic E-state index is 0.0775. The maximum absolute atomic E-state index is 13.3. The van der Waals surface area contributed by atoms with E-state index in [0.717, 1.165) is 86.5 Å². The molecule has 10 heteroatoms. The van der Waals surface area contributed by atoms with Crippen LogP contribution in [0.25, 0.3) is 0 Å². The molecule has 2 aliphatic rings. The topological polar surface area (TPSA) is 129 Å². The van der Waals surface area contributed by atoms with Crippen molar-refractivity contribution in [1.82, 2.24) is 10.6 Å². The van der Waals surface area contributed by atoms with E-state index in [9.17, 15) is 19.2 Å². The number of carbonyl (C=O) groups is 4. The molecule has 2 N–H and O–H groups in total. The molecule has 0 aliphatic carbocycles. The van der Waals surface area contributed by atoms with Crippen molar-refractivity contribution in [1.29, 1.82) is 0 Å². The van der Waals surface area contributed by atoms with Gasteiger partial charge in [-0.25, -0.2) is 9.59 Å². The van der Waals surface area contributed by atoms with Gasteiger partial charge < -0.3 is 29.6 Å². The van der Waals surface area contributed by atoms with E-state index in [0.29, 0.717) is 48.3 Å². The van der Waals surface area contributed by atoms with E-state index in [2.05, 4.69) is 91.3 Å². The predicted octanol–water partition coefficient (Wildman–Crippen LogP) is 10.7. The maximum Gasteiger partial charge on any atom is 0.333 e. The number of benzene rings is 2. The summed E-state index contributed by atoms with van der Waals surface area (Å²) < 4.78 is 22.9. The second-order valence-corrected chi connectivity index (χ2v) is 20.6. The van der Waals surface area contributed by atoms with Gasteiger partial charge in [0.25, 0.3) is 0 Å². The van der Waals surface area contributed by atoms with E-state index < -0.39 is 11.9 Å². The summed E-state index contributed by atoms with van der Waals surface area (Å²) >= 11 is 0. The van der Waals surface area contributed by atoms with Gasteiger partial charge in [-0.2, -0.15) is 0 Å². The molecule has 0 spiro atoms. The first kappa shape index (κ1) is 50.4. The SMILES string of the molecule is C=C(C)C(=O)OCCc1ccc(C2CC(C)(C)NC(C)(C)C2)c(OC(=O)CCCCCCCCC(=O)Oc2cc(CCOC(=O)C(=C)C)ccc2C2CC(C)(C)NC(C)(C)C2)c1. The van der Waals surface area contributed by atoms with Crippen molar-refractivity contribution in [2.24, 2.45) is 0 Å². The first-order valence-electron chi connectivity index (χ1n) is 22.8. The number of piperidine rings is 2. The van der Waals surface area contributed by atoms with Gasteiger partial charge >= 0.3 is 23.9 Å². The summed E-state index contributed by atoms with van der Waals surface area (Å²) in [6.45, 7) is 28.7. The van der Waals surface area contributed by atoms with E-state index in [4.69, 9.17) is 18.9 Å². The number of rotatable bonds is 21. The first-order valence-corrected chi connectivity index (χ1v) is 22.8. The van der Waals surface area contributed by atoms with Crippen LogP contribution in [0.1, 0.15) is 180 Å². The van der Waals surface area contributed by atoms with Gasteiger partial charge in [-0.3, -0.25) is 9.59 Å². The molecule has 0 bridgehead atoms. The predicted molar refractivity (Wildman–Crippen MR) is 247 cm³/mol. The molecule has 4 rings (SSSR count). The molecule has 2 aromatic carbocycles. The fourth-order valence-electron chi connectivity index (χ4n) is 9.77. The molecule has 62 heavy (non-hydrogen) atoms. The molecule has 2 aliphatic heterocycles. The van der Waals surface area contributed by atoms with Gasteiger partial charge in [0.2, 0.25) is 0 Å². The van der Waals surface area contributed by atoms with E-state index >= 15 is 0 Å². The van der Waals surface area contributed by atoms with Crippen molar-refractivity contribution >= 4 is 23.9 Å². The summed E-state index contributed by atoms with van der Waals surface area (Å²) in [5, 5.41) is 7.49. The Bertz CT molecular complexity index is 1750. The van der Waals surface area contributed by atoms with Gasteiger partial charge in [0.15, 0.2) is 0 Å². The van der Waals surface area contributed by atoms with Crippen LogP contribution in [0.15, 0.2) is 60.7 Å². The van der Waals surface area contributed by atoms with E-state index in [1.54, 1.807) is 13.8 Å². The number of esters is 4. The van der Waals surface area contributed by atoms with Crippen LogP contribution in [0, 0.1) is 0 Å². The van der Waals surface area contributed by atoms with Crippen molar-refractivity contribution in [2.75, 3.05) is 13.2 Å². The Hall–Kier alpha value is -4.28. The molecule has 342 valence electrons. The lowest BCUT2D eigenvalue weighted by molar-refractivity contribution is -0.139. The Kier molecular flexibility index (Phi) is 17.8. The van der Waals surface area contributed by atoms with Crippen molar-refractivity contribution in [2.45, 2.75) is 193 Å². The fourth-order valence-corrected chi connectivity index (χ4v) is 9.77. The summed E-state index contributed by atoms with van der Waals surface area (Å²) in [6.07, 6.45) is 10.4. The smallest absolute Gasteiger partial charge is 0.333 e. The lowest BCUT2D eigenvalue weighted by Gasteiger charge is -2.47. The fraction of sp³-hybridized carbons (Fsp3) is 0.615. The maximum atomic E-state index is 13.3. The normalized spacial score (nSPS) is 18.0. The Morgan fingerprint density at radius 1 is 0.548 bits per heavy atom. The zero-order chi connectivity index (χ0) is 45.9. The first-order chi connectivity index (χ1) is 28.9. The van der Waals surface area contributed by atoms with Crippen molar-refractivity contribution < 1.29 is 38.1 Å². The number of nitrogens with one attached hydrogen (secondary N) is 2. The quantitative estimate of drug-likeness (QED) is 0.0542. The van der Waals surface area contributed by atoms with Gasteiger partial charge in [-0.15, -0.1) is 0 Å². The van der Waals surface area contributed by atoms with Crippen molar-refractivity contribution in [3.05, 3.63) is 83.0 Å². The lowest BCUT2D eigenvalue weighted by atomic mass is 9.73. The summed E-state index contributed by atoms with van der Waals surface area (Å²) in [5.74, 6) is 0.278. The molecule has 10 nitrogen and oxygen atoms in total. The molecule has 2 fully saturated rings. The number of hydrogen-bond acceptors (Lipinski definition) is 10. The van der Waals surface area contributed by atoms with Crippen molar-refractivity contribution in [3.63, 3.8) is 0 Å². The highest BCUT2D eigenvalue weighted by molar-refractivity contribution is 5.87. The third-order valence-corrected chi connectivity index (χ3v) is 11.8. The highest BCUT2D eigenvalue weighted by Gasteiger charge is 2.40. The molecule has 0 amide bonds. The summed E-state index contributed by atoms with van der Waals surface area (Å²) in [5.41, 5.74) is 4.35. The van der Waals surface area contributed by atoms with E-state index in [-0.39, 0.29) is 59.1 Å². The molecule has 0 atom stereocenters. The third kappa shape index (κ3) is 16.4. The standard InChI is InChI=1S/C52H76N2O8/c1-35(2)47(57)59-27-25-37-21-23-41(39-31-49(5,6)53-50(7,8)32-39)43(29-37)61-45(55)19-17-15-13-14-16-18-20-46(56)62-44-30-38(26-28-60-48(58)36(3)4)22-24-42(44)40-33-51(9,10)54-52(11,12)34-40/h21-24,29-30,39-40,53-54H,1,3,13-20,25-28,31-34H2,2,4-12H3. The Labute approximate surface area is 372 Å². The molecule has 2 saturated heterocycles. The van der Waals surface area contributed by atoms with Crippen LogP contribution < -0.4 is 20.1 Å². The minimum Gasteiger partial charge on any atom is -0.462 e. The Balaban J connectivity index is 1.27. The molecule has 0 saturated carbocycles. The van der Waals surface area contributed by atoms with Crippen LogP contribution >= 0.6 is 0 Å². The van der Waals surface area contributed by atoms with Crippen LogP contribution in [-0.2, 0) is 41.5 Å². The van der Waals surface area contributed by atoms with Crippen molar-refractivity contribution in [3.8, 4) is 11.5 Å². The molecule has 0 unspecified atom stereocenters. The Morgan fingerprint density at radius 2 is 0.871 bits per heavy atom. The van der Waals surface area contributed by atoms with Crippen LogP contribution in [0.2, 0.25) is 0 Å². The number of carbonyl (C=O) groups excluding carboxylic acids is 4.